The fourth-order valence-corrected chi connectivity index (χ4v) is 1.06. The molecular weight excluding hydrogens is 181 g/mol. The van der Waals surface area contributed by atoms with Crippen LogP contribution in [0.25, 0.3) is 0 Å². The summed E-state index contributed by atoms with van der Waals surface area (Å²) in [6.45, 7) is 0. The molecule has 0 spiro atoms. The van der Waals surface area contributed by atoms with Gasteiger partial charge in [0.2, 0.25) is 8.03 Å². The molecule has 0 amide bonds. The van der Waals surface area contributed by atoms with E-state index in [-0.39, 0.29) is 59.1 Å². The van der Waals surface area contributed by atoms with Gasteiger partial charge in [-0.25, -0.2) is 0 Å². The van der Waals surface area contributed by atoms with Crippen LogP contribution in [0, 0.1) is 0 Å². The Morgan fingerprint density at radius 1 is 1.09 bits per heavy atom. The quantitative estimate of drug-likeness (QED) is 0.478. The van der Waals surface area contributed by atoms with Crippen molar-refractivity contribution in [1.82, 2.24) is 0 Å². The third-order valence-electron chi connectivity index (χ3n) is 1.02. The van der Waals surface area contributed by atoms with Gasteiger partial charge in [0.15, 0.2) is 0 Å². The van der Waals surface area contributed by atoms with E-state index in [1.165, 1.54) is 0 Å². The zero-order valence-corrected chi connectivity index (χ0v) is 5.74. The number of benzene rings is 1. The molecule has 0 fully saturated rings. The van der Waals surface area contributed by atoms with Gasteiger partial charge in [0.05, 0.1) is 0 Å². The molecule has 0 aromatic heterocycles. The summed E-state index contributed by atoms with van der Waals surface area (Å²) in [5.41, 5.74) is 0. The van der Waals surface area contributed by atoms with E-state index in [1.54, 1.807) is 24.3 Å². The van der Waals surface area contributed by atoms with E-state index in [9.17, 15) is 4.57 Å². The van der Waals surface area contributed by atoms with Crippen molar-refractivity contribution in [3.8, 4) is 0 Å². The second-order valence-corrected chi connectivity index (χ2v) is 2.86. The van der Waals surface area contributed by atoms with Crippen molar-refractivity contribution < 1.29 is 9.46 Å². The molecule has 0 aliphatic carbocycles. The molecule has 5 heteroatoms. The Morgan fingerprint density at radius 2 is 1.55 bits per heavy atom. The van der Waals surface area contributed by atoms with Gasteiger partial charge in [0.25, 0.3) is 0 Å². The van der Waals surface area contributed by atoms with Gasteiger partial charge < -0.3 is 4.89 Å². The van der Waals surface area contributed by atoms with Gasteiger partial charge in [-0.1, -0.05) is 18.2 Å². The Bertz CT molecular complexity index is 215. The minimum absolute atomic E-state index is 0. The van der Waals surface area contributed by atoms with Crippen LogP contribution in [0.4, 0.5) is 0 Å². The van der Waals surface area contributed by atoms with Crippen molar-refractivity contribution in [2.75, 3.05) is 0 Å². The number of hydrogen-bond donors (Lipinski definition) is 1. The monoisotopic (exact) mass is 190 g/mol. The van der Waals surface area contributed by atoms with Gasteiger partial charge in [-0.2, -0.15) is 0 Å². The second-order valence-electron chi connectivity index (χ2n) is 1.67. The summed E-state index contributed by atoms with van der Waals surface area (Å²) >= 11 is 0. The third-order valence-corrected chi connectivity index (χ3v) is 1.85. The summed E-state index contributed by atoms with van der Waals surface area (Å²) in [7, 11) is -2.46. The standard InChI is InChI=1S/C6H7O2P.2Na.2H/c7-9(8)6-4-2-1-3-5-6;;;;/h1-5,9H,(H,7,8);;;;. The van der Waals surface area contributed by atoms with Crippen molar-refractivity contribution in [2.24, 2.45) is 0 Å². The molecule has 1 rings (SSSR count). The van der Waals surface area contributed by atoms with Gasteiger partial charge in [0.1, 0.15) is 0 Å². The molecule has 1 aromatic rings. The Labute approximate surface area is 111 Å². The SMILES string of the molecule is O=[PH](O)c1ccccc1.[NaH].[NaH]. The van der Waals surface area contributed by atoms with Crippen molar-refractivity contribution in [2.45, 2.75) is 0 Å². The molecule has 0 radical (unpaired) electrons. The summed E-state index contributed by atoms with van der Waals surface area (Å²) in [5.74, 6) is 0. The van der Waals surface area contributed by atoms with E-state index in [0.717, 1.165) is 0 Å². The fraction of sp³-hybridized carbons (Fsp3) is 0. The summed E-state index contributed by atoms with van der Waals surface area (Å²) in [4.78, 5) is 8.57. The van der Waals surface area contributed by atoms with Crippen LogP contribution >= 0.6 is 8.03 Å². The minimum atomic E-state index is -2.46. The summed E-state index contributed by atoms with van der Waals surface area (Å²) < 4.78 is 10.4. The molecule has 0 aliphatic rings. The van der Waals surface area contributed by atoms with Crippen molar-refractivity contribution in [3.05, 3.63) is 30.3 Å². The summed E-state index contributed by atoms with van der Waals surface area (Å²) in [6, 6.07) is 8.58. The molecule has 2 nitrogen and oxygen atoms in total. The zero-order valence-electron chi connectivity index (χ0n) is 4.74. The summed E-state index contributed by atoms with van der Waals surface area (Å²) in [5, 5.41) is 0.516. The normalized spacial score (nSPS) is 10.6. The van der Waals surface area contributed by atoms with Crippen LogP contribution < -0.4 is 5.30 Å². The van der Waals surface area contributed by atoms with Gasteiger partial charge in [-0.15, -0.1) is 0 Å². The molecule has 1 N–H and O–H groups in total. The van der Waals surface area contributed by atoms with E-state index >= 15 is 0 Å². The predicted octanol–water partition coefficient (Wildman–Crippen LogP) is -0.518. The Balaban J connectivity index is 0. The van der Waals surface area contributed by atoms with Crippen LogP contribution in [0.1, 0.15) is 0 Å². The van der Waals surface area contributed by atoms with Crippen LogP contribution in [0.3, 0.4) is 0 Å². The number of hydrogen-bond acceptors (Lipinski definition) is 1. The molecule has 1 aromatic carbocycles. The third kappa shape index (κ3) is 5.62. The van der Waals surface area contributed by atoms with Gasteiger partial charge >= 0.3 is 59.1 Å². The molecule has 0 saturated heterocycles. The number of rotatable bonds is 1. The Morgan fingerprint density at radius 3 is 1.82 bits per heavy atom. The van der Waals surface area contributed by atoms with Crippen LogP contribution in [0.5, 0.6) is 0 Å². The first kappa shape index (κ1) is 14.9. The van der Waals surface area contributed by atoms with Crippen molar-refractivity contribution >= 4 is 72.4 Å². The first-order chi connectivity index (χ1) is 4.30. The van der Waals surface area contributed by atoms with Crippen molar-refractivity contribution in [3.63, 3.8) is 0 Å². The topological polar surface area (TPSA) is 37.3 Å². The average Bonchev–Trinajstić information content (AvgIpc) is 1.90. The van der Waals surface area contributed by atoms with Crippen LogP contribution in [0.2, 0.25) is 0 Å². The maximum atomic E-state index is 10.4. The van der Waals surface area contributed by atoms with E-state index in [4.69, 9.17) is 4.89 Å². The first-order valence-corrected chi connectivity index (χ1v) is 3.94. The fourth-order valence-electron chi connectivity index (χ4n) is 0.581. The molecular formula is C6H9Na2O2P. The van der Waals surface area contributed by atoms with Crippen molar-refractivity contribution in [1.29, 1.82) is 0 Å². The molecule has 0 saturated carbocycles. The Hall–Kier alpha value is 1.41. The van der Waals surface area contributed by atoms with Crippen LogP contribution in [-0.4, -0.2) is 64.0 Å². The molecule has 0 bridgehead atoms. The van der Waals surface area contributed by atoms with Gasteiger partial charge in [0, 0.05) is 5.30 Å². The first-order valence-electron chi connectivity index (χ1n) is 2.59. The van der Waals surface area contributed by atoms with E-state index in [2.05, 4.69) is 0 Å². The molecule has 1 unspecified atom stereocenters. The molecule has 0 aliphatic heterocycles. The average molecular weight is 190 g/mol. The molecule has 1 atom stereocenters. The maximum absolute atomic E-state index is 10.4. The zero-order chi connectivity index (χ0) is 6.69. The van der Waals surface area contributed by atoms with E-state index < -0.39 is 8.03 Å². The van der Waals surface area contributed by atoms with E-state index in [0.29, 0.717) is 5.30 Å². The van der Waals surface area contributed by atoms with E-state index in [1.807, 2.05) is 6.07 Å². The van der Waals surface area contributed by atoms with Crippen LogP contribution in [-0.2, 0) is 4.57 Å². The molecule has 11 heavy (non-hydrogen) atoms. The molecule has 52 valence electrons. The predicted molar refractivity (Wildman–Crippen MR) is 51.6 cm³/mol. The Kier molecular flexibility index (Phi) is 10.9. The van der Waals surface area contributed by atoms with Crippen LogP contribution in [0.15, 0.2) is 30.3 Å². The van der Waals surface area contributed by atoms with Gasteiger partial charge in [-0.05, 0) is 12.1 Å². The van der Waals surface area contributed by atoms with Gasteiger partial charge in [-0.3, -0.25) is 4.57 Å². The molecule has 0 heterocycles. The summed E-state index contributed by atoms with van der Waals surface area (Å²) in [6.07, 6.45) is 0. The second kappa shape index (κ2) is 8.03.